The first kappa shape index (κ1) is 19.3. The van der Waals surface area contributed by atoms with Crippen LogP contribution in [0.2, 0.25) is 0 Å². The molecule has 0 saturated carbocycles. The summed E-state index contributed by atoms with van der Waals surface area (Å²) in [6.07, 6.45) is 5.22. The van der Waals surface area contributed by atoms with Gasteiger partial charge in [0.1, 0.15) is 0 Å². The molecule has 1 aliphatic heterocycles. The molecule has 1 saturated heterocycles. The summed E-state index contributed by atoms with van der Waals surface area (Å²) in [5.41, 5.74) is 0.385. The molecule has 8 heteroatoms. The fourth-order valence-corrected chi connectivity index (χ4v) is 5.09. The molecule has 2 aromatic heterocycles. The maximum Gasteiger partial charge on any atom is 0.357 e. The number of hydrogen-bond acceptors (Lipinski definition) is 6. The minimum absolute atomic E-state index is 0.0410. The molecule has 0 aliphatic carbocycles. The lowest BCUT2D eigenvalue weighted by Crippen LogP contribution is -2.36. The van der Waals surface area contributed by atoms with E-state index < -0.39 is 0 Å². The predicted octanol–water partition coefficient (Wildman–Crippen LogP) is 4.56. The Labute approximate surface area is 168 Å². The molecule has 138 valence electrons. The second-order valence-corrected chi connectivity index (χ2v) is 8.64. The van der Waals surface area contributed by atoms with E-state index >= 15 is 0 Å². The van der Waals surface area contributed by atoms with Gasteiger partial charge < -0.3 is 9.64 Å². The second kappa shape index (κ2) is 8.92. The van der Waals surface area contributed by atoms with Gasteiger partial charge in [0.05, 0.1) is 11.6 Å². The molecular weight excluding hydrogens is 436 g/mol. The zero-order valence-corrected chi connectivity index (χ0v) is 17.5. The molecular formula is C18H19BrN2O3S2. The van der Waals surface area contributed by atoms with Crippen molar-refractivity contribution in [3.63, 3.8) is 0 Å². The number of thiophene rings is 1. The van der Waals surface area contributed by atoms with Crippen molar-refractivity contribution in [2.45, 2.75) is 25.7 Å². The van der Waals surface area contributed by atoms with E-state index in [9.17, 15) is 9.59 Å². The molecule has 0 atom stereocenters. The number of carbonyl (C=O) groups is 2. The number of halogens is 1. The molecule has 1 amide bonds. The second-order valence-electron chi connectivity index (χ2n) is 5.89. The van der Waals surface area contributed by atoms with Gasteiger partial charge in [0.25, 0.3) is 0 Å². The van der Waals surface area contributed by atoms with E-state index in [1.807, 2.05) is 22.4 Å². The van der Waals surface area contributed by atoms with Crippen molar-refractivity contribution < 1.29 is 14.3 Å². The minimum Gasteiger partial charge on any atom is -0.461 e. The standard InChI is InChI=1S/C18H19BrN2O3S2/c1-2-24-18(23)15-11-26-17(20-15)12-5-7-21(8-6-12)16(22)4-3-14-9-13(19)10-25-14/h3-4,9-12H,2,5-8H2,1H3. The first-order valence-corrected chi connectivity index (χ1v) is 11.0. The van der Waals surface area contributed by atoms with Crippen molar-refractivity contribution in [1.29, 1.82) is 0 Å². The highest BCUT2D eigenvalue weighted by atomic mass is 79.9. The summed E-state index contributed by atoms with van der Waals surface area (Å²) in [6.45, 7) is 3.54. The molecule has 0 radical (unpaired) electrons. The zero-order chi connectivity index (χ0) is 18.5. The smallest absolute Gasteiger partial charge is 0.357 e. The van der Waals surface area contributed by atoms with Crippen LogP contribution in [0, 0.1) is 0 Å². The van der Waals surface area contributed by atoms with Gasteiger partial charge in [0.2, 0.25) is 5.91 Å². The highest BCUT2D eigenvalue weighted by Gasteiger charge is 2.25. The third kappa shape index (κ3) is 4.81. The van der Waals surface area contributed by atoms with Crippen molar-refractivity contribution in [1.82, 2.24) is 9.88 Å². The molecule has 0 spiro atoms. The Morgan fingerprint density at radius 1 is 1.35 bits per heavy atom. The molecule has 0 unspecified atom stereocenters. The Bertz CT molecular complexity index is 807. The summed E-state index contributed by atoms with van der Waals surface area (Å²) in [6, 6.07) is 1.99. The molecule has 3 heterocycles. The number of likely N-dealkylation sites (tertiary alicyclic amines) is 1. The fourth-order valence-electron chi connectivity index (χ4n) is 2.80. The van der Waals surface area contributed by atoms with E-state index in [1.165, 1.54) is 11.3 Å². The molecule has 0 aromatic carbocycles. The molecule has 3 rings (SSSR count). The van der Waals surface area contributed by atoms with E-state index in [1.54, 1.807) is 29.7 Å². The van der Waals surface area contributed by atoms with Crippen molar-refractivity contribution >= 4 is 56.6 Å². The zero-order valence-electron chi connectivity index (χ0n) is 14.3. The Morgan fingerprint density at radius 3 is 2.77 bits per heavy atom. The molecule has 1 fully saturated rings. The quantitative estimate of drug-likeness (QED) is 0.490. The van der Waals surface area contributed by atoms with E-state index in [4.69, 9.17) is 4.74 Å². The SMILES string of the molecule is CCOC(=O)c1csc(C2CCN(C(=O)C=Cc3cc(Br)cs3)CC2)n1. The third-order valence-electron chi connectivity index (χ3n) is 4.14. The number of esters is 1. The van der Waals surface area contributed by atoms with Crippen molar-refractivity contribution in [2.24, 2.45) is 0 Å². The Morgan fingerprint density at radius 2 is 2.12 bits per heavy atom. The average molecular weight is 455 g/mol. The van der Waals surface area contributed by atoms with Crippen LogP contribution in [-0.4, -0.2) is 41.5 Å². The van der Waals surface area contributed by atoms with E-state index in [0.717, 1.165) is 27.2 Å². The molecule has 5 nitrogen and oxygen atoms in total. The number of thiazole rings is 1. The highest BCUT2D eigenvalue weighted by Crippen LogP contribution is 2.30. The van der Waals surface area contributed by atoms with Crippen molar-refractivity contribution in [3.05, 3.63) is 43.0 Å². The van der Waals surface area contributed by atoms with Gasteiger partial charge in [-0.1, -0.05) is 0 Å². The van der Waals surface area contributed by atoms with Crippen LogP contribution in [0.1, 0.15) is 46.1 Å². The molecule has 0 N–H and O–H groups in total. The van der Waals surface area contributed by atoms with Crippen molar-refractivity contribution in [2.75, 3.05) is 19.7 Å². The number of ether oxygens (including phenoxy) is 1. The largest absolute Gasteiger partial charge is 0.461 e. The van der Waals surface area contributed by atoms with Crippen LogP contribution in [0.4, 0.5) is 0 Å². The Hall–Kier alpha value is -1.51. The van der Waals surface area contributed by atoms with E-state index in [-0.39, 0.29) is 11.9 Å². The first-order valence-electron chi connectivity index (χ1n) is 8.40. The maximum atomic E-state index is 12.3. The average Bonchev–Trinajstić information content (AvgIpc) is 3.29. The summed E-state index contributed by atoms with van der Waals surface area (Å²) in [5, 5.41) is 4.71. The topological polar surface area (TPSA) is 59.5 Å². The fraction of sp³-hybridized carbons (Fsp3) is 0.389. The van der Waals surface area contributed by atoms with Crippen LogP contribution in [-0.2, 0) is 9.53 Å². The number of rotatable bonds is 5. The number of nitrogens with zero attached hydrogens (tertiary/aromatic N) is 2. The van der Waals surface area contributed by atoms with Crippen molar-refractivity contribution in [3.8, 4) is 0 Å². The molecule has 1 aliphatic rings. The van der Waals surface area contributed by atoms with Gasteiger partial charge in [-0.25, -0.2) is 9.78 Å². The lowest BCUT2D eigenvalue weighted by Gasteiger charge is -2.30. The molecule has 2 aromatic rings. The molecule has 0 bridgehead atoms. The number of piperidine rings is 1. The van der Waals surface area contributed by atoms with Gasteiger partial charge in [-0.3, -0.25) is 4.79 Å². The van der Waals surface area contributed by atoms with Gasteiger partial charge in [-0.2, -0.15) is 0 Å². The summed E-state index contributed by atoms with van der Waals surface area (Å²) < 4.78 is 6.01. The van der Waals surface area contributed by atoms with Gasteiger partial charge in [-0.15, -0.1) is 22.7 Å². The third-order valence-corrected chi connectivity index (χ3v) is 6.81. The van der Waals surface area contributed by atoms with Crippen LogP contribution >= 0.6 is 38.6 Å². The maximum absolute atomic E-state index is 12.3. The molecule has 26 heavy (non-hydrogen) atoms. The van der Waals surface area contributed by atoms with Crippen LogP contribution in [0.3, 0.4) is 0 Å². The van der Waals surface area contributed by atoms with Crippen LogP contribution < -0.4 is 0 Å². The number of hydrogen-bond donors (Lipinski definition) is 0. The first-order chi connectivity index (χ1) is 12.6. The summed E-state index contributed by atoms with van der Waals surface area (Å²) in [4.78, 5) is 31.4. The number of carbonyl (C=O) groups excluding carboxylic acids is 2. The monoisotopic (exact) mass is 454 g/mol. The number of aromatic nitrogens is 1. The van der Waals surface area contributed by atoms with Crippen LogP contribution in [0.5, 0.6) is 0 Å². The minimum atomic E-state index is -0.368. The lowest BCUT2D eigenvalue weighted by molar-refractivity contribution is -0.126. The van der Waals surface area contributed by atoms with Crippen LogP contribution in [0.25, 0.3) is 6.08 Å². The van der Waals surface area contributed by atoms with Gasteiger partial charge in [0, 0.05) is 45.2 Å². The van der Waals surface area contributed by atoms with E-state index in [0.29, 0.717) is 31.3 Å². The number of amides is 1. The predicted molar refractivity (Wildman–Crippen MR) is 108 cm³/mol. The summed E-state index contributed by atoms with van der Waals surface area (Å²) in [5.74, 6) is -0.0308. The normalized spacial score (nSPS) is 15.5. The Kier molecular flexibility index (Phi) is 6.61. The summed E-state index contributed by atoms with van der Waals surface area (Å²) in [7, 11) is 0. The van der Waals surface area contributed by atoms with Gasteiger partial charge in [-0.05, 0) is 47.8 Å². The van der Waals surface area contributed by atoms with Gasteiger partial charge >= 0.3 is 5.97 Å². The lowest BCUT2D eigenvalue weighted by atomic mass is 9.97. The van der Waals surface area contributed by atoms with E-state index in [2.05, 4.69) is 20.9 Å². The van der Waals surface area contributed by atoms with Crippen LogP contribution in [0.15, 0.2) is 27.4 Å². The highest BCUT2D eigenvalue weighted by molar-refractivity contribution is 9.10. The van der Waals surface area contributed by atoms with Gasteiger partial charge in [0.15, 0.2) is 5.69 Å². The summed E-state index contributed by atoms with van der Waals surface area (Å²) >= 11 is 6.50. The Balaban J connectivity index is 1.53.